The van der Waals surface area contributed by atoms with Crippen molar-refractivity contribution in [2.75, 3.05) is 0 Å². The molecule has 2 nitrogen and oxygen atoms in total. The van der Waals surface area contributed by atoms with Crippen LogP contribution < -0.4 is 0 Å². The number of furan rings is 2. The van der Waals surface area contributed by atoms with Gasteiger partial charge in [0.05, 0.1) is 0 Å². The van der Waals surface area contributed by atoms with Crippen LogP contribution in [0.15, 0.2) is 210 Å². The second-order valence-electron chi connectivity index (χ2n) is 16.7. The van der Waals surface area contributed by atoms with Crippen LogP contribution in [0.2, 0.25) is 0 Å². The van der Waals surface area contributed by atoms with Crippen molar-refractivity contribution in [3.8, 4) is 44.5 Å². The summed E-state index contributed by atoms with van der Waals surface area (Å²) < 4.78 is 13.1. The lowest BCUT2D eigenvalue weighted by Crippen LogP contribution is -1.90. The Bertz CT molecular complexity index is 3540. The van der Waals surface area contributed by atoms with Crippen LogP contribution >= 0.6 is 0 Å². The first-order chi connectivity index (χ1) is 31.3. The minimum absolute atomic E-state index is 0.823. The molecule has 0 unspecified atom stereocenters. The molecule has 11 aromatic rings. The number of hydrogen-bond donors (Lipinski definition) is 0. The van der Waals surface area contributed by atoms with Gasteiger partial charge in [0.2, 0.25) is 0 Å². The summed E-state index contributed by atoms with van der Waals surface area (Å²) in [6, 6.07) is 68.4. The highest BCUT2D eigenvalue weighted by molar-refractivity contribution is 6.16. The molecule has 0 aliphatic rings. The molecule has 11 rings (SSSR count). The number of fused-ring (bicyclic) bond motifs is 6. The number of hydrogen-bond acceptors (Lipinski definition) is 2. The summed E-state index contributed by atoms with van der Waals surface area (Å²) in [6.45, 7) is 12.6. The first kappa shape index (κ1) is 40.2. The molecule has 0 saturated carbocycles. The smallest absolute Gasteiger partial charge is 0.139 e. The number of benzene rings is 9. The summed E-state index contributed by atoms with van der Waals surface area (Å²) in [6.07, 6.45) is 4.24. The van der Waals surface area contributed by atoms with Crippen LogP contribution in [0, 0.1) is 20.8 Å². The van der Waals surface area contributed by atoms with Crippen molar-refractivity contribution in [2.45, 2.75) is 27.7 Å². The Morgan fingerprint density at radius 3 is 1.44 bits per heavy atom. The number of rotatable bonds is 7. The first-order valence-electron chi connectivity index (χ1n) is 21.9. The molecule has 0 aliphatic heterocycles. The fourth-order valence-electron chi connectivity index (χ4n) is 9.22. The van der Waals surface area contributed by atoms with Crippen molar-refractivity contribution in [3.63, 3.8) is 0 Å². The van der Waals surface area contributed by atoms with E-state index in [1.165, 1.54) is 66.8 Å². The van der Waals surface area contributed by atoms with Crippen molar-refractivity contribution < 1.29 is 8.83 Å². The third kappa shape index (κ3) is 7.54. The Balaban J connectivity index is 0.000000274. The van der Waals surface area contributed by atoms with Crippen molar-refractivity contribution in [1.82, 2.24) is 0 Å². The molecular weight excluding hydrogens is 777 g/mol. The van der Waals surface area contributed by atoms with E-state index < -0.39 is 0 Å². The minimum Gasteiger partial charge on any atom is -0.456 e. The highest BCUT2D eigenvalue weighted by Gasteiger charge is 2.18. The van der Waals surface area contributed by atoms with Crippen LogP contribution in [-0.4, -0.2) is 0 Å². The van der Waals surface area contributed by atoms with Crippen molar-refractivity contribution >= 4 is 61.6 Å². The summed E-state index contributed by atoms with van der Waals surface area (Å²) >= 11 is 0. The van der Waals surface area contributed by atoms with E-state index in [0.717, 1.165) is 60.6 Å². The molecule has 0 saturated heterocycles. The molecular formula is C62H48O2. The third-order valence-electron chi connectivity index (χ3n) is 12.5. The Labute approximate surface area is 375 Å². The molecule has 0 radical (unpaired) electrons. The lowest BCUT2D eigenvalue weighted by atomic mass is 9.90. The fraction of sp³-hybridized carbons (Fsp3) is 0.0645. The van der Waals surface area contributed by atoms with Gasteiger partial charge in [-0.3, -0.25) is 0 Å². The van der Waals surface area contributed by atoms with E-state index in [0.29, 0.717) is 0 Å². The van der Waals surface area contributed by atoms with Crippen molar-refractivity contribution in [2.24, 2.45) is 0 Å². The summed E-state index contributed by atoms with van der Waals surface area (Å²) in [5.74, 6) is 0. The lowest BCUT2D eigenvalue weighted by Gasteiger charge is -2.14. The maximum absolute atomic E-state index is 6.59. The van der Waals surface area contributed by atoms with E-state index in [1.54, 1.807) is 0 Å². The quantitative estimate of drug-likeness (QED) is 0.150. The molecule has 0 amide bonds. The highest BCUT2D eigenvalue weighted by atomic mass is 16.3. The van der Waals surface area contributed by atoms with Gasteiger partial charge in [0, 0.05) is 27.6 Å². The monoisotopic (exact) mass is 824 g/mol. The van der Waals surface area contributed by atoms with E-state index in [9.17, 15) is 0 Å². The minimum atomic E-state index is 0.823. The first-order valence-corrected chi connectivity index (χ1v) is 21.9. The molecule has 0 atom stereocenters. The van der Waals surface area contributed by atoms with Gasteiger partial charge in [-0.25, -0.2) is 0 Å². The molecule has 2 aromatic heterocycles. The lowest BCUT2D eigenvalue weighted by molar-refractivity contribution is 0.656. The molecule has 2 heterocycles. The molecule has 9 aromatic carbocycles. The average molecular weight is 825 g/mol. The Morgan fingerprint density at radius 1 is 0.375 bits per heavy atom. The van der Waals surface area contributed by atoms with Gasteiger partial charge in [-0.05, 0) is 141 Å². The van der Waals surface area contributed by atoms with Crippen molar-refractivity contribution in [1.29, 1.82) is 0 Å². The molecule has 0 fully saturated rings. The van der Waals surface area contributed by atoms with Gasteiger partial charge >= 0.3 is 0 Å². The zero-order valence-corrected chi connectivity index (χ0v) is 36.7. The SMILES string of the molecule is C=Cc1ccccc1-c1ccccc1C.CC(=Cc1cc2c(cc1-c1ccccc1)oc1cc3oc4cc(-c5ccccc5)c(C)cc4c3cc12)c1ccccc1-c1ccccc1C. The van der Waals surface area contributed by atoms with Crippen LogP contribution in [-0.2, 0) is 0 Å². The Morgan fingerprint density at radius 2 is 0.828 bits per heavy atom. The highest BCUT2D eigenvalue weighted by Crippen LogP contribution is 2.42. The molecule has 308 valence electrons. The molecule has 0 bridgehead atoms. The Hall–Kier alpha value is -7.94. The van der Waals surface area contributed by atoms with Gasteiger partial charge in [-0.1, -0.05) is 176 Å². The standard InChI is InChI=1S/C47H34O2.C15H14/c1-29-14-10-11-19-35(29)37-21-13-12-20-36(37)30(2)22-34-24-41-43-25-42-40-23-31(3)38(32-15-6-4-7-16-32)26-44(40)48-46(42)28-47(43)49-45(41)27-39(34)33-17-8-5-9-18-33;1-3-13-9-5-7-11-15(13)14-10-6-4-8-12(14)2/h4-28H,1-3H3;3-11H,1H2,2H3. The third-order valence-corrected chi connectivity index (χ3v) is 12.5. The molecule has 0 spiro atoms. The maximum atomic E-state index is 6.59. The van der Waals surface area contributed by atoms with Gasteiger partial charge in [-0.2, -0.15) is 0 Å². The maximum Gasteiger partial charge on any atom is 0.139 e. The number of aryl methyl sites for hydroxylation is 3. The van der Waals surface area contributed by atoms with Gasteiger partial charge in [0.15, 0.2) is 0 Å². The zero-order chi connectivity index (χ0) is 43.7. The summed E-state index contributed by atoms with van der Waals surface area (Å²) in [4.78, 5) is 0. The average Bonchev–Trinajstić information content (AvgIpc) is 3.86. The van der Waals surface area contributed by atoms with Gasteiger partial charge < -0.3 is 8.83 Å². The van der Waals surface area contributed by atoms with E-state index in [2.05, 4.69) is 222 Å². The summed E-state index contributed by atoms with van der Waals surface area (Å²) in [5.41, 5.74) is 21.7. The van der Waals surface area contributed by atoms with Crippen LogP contribution in [0.3, 0.4) is 0 Å². The topological polar surface area (TPSA) is 26.3 Å². The van der Waals surface area contributed by atoms with E-state index >= 15 is 0 Å². The van der Waals surface area contributed by atoms with Crippen LogP contribution in [0.25, 0.3) is 106 Å². The van der Waals surface area contributed by atoms with Gasteiger partial charge in [0.25, 0.3) is 0 Å². The van der Waals surface area contributed by atoms with Gasteiger partial charge in [0.1, 0.15) is 22.3 Å². The predicted octanol–water partition coefficient (Wildman–Crippen LogP) is 18.0. The van der Waals surface area contributed by atoms with Crippen LogP contribution in [0.5, 0.6) is 0 Å². The van der Waals surface area contributed by atoms with Gasteiger partial charge in [-0.15, -0.1) is 0 Å². The second kappa shape index (κ2) is 17.1. The van der Waals surface area contributed by atoms with Crippen molar-refractivity contribution in [3.05, 3.63) is 234 Å². The van der Waals surface area contributed by atoms with E-state index in [-0.39, 0.29) is 0 Å². The van der Waals surface area contributed by atoms with Crippen LogP contribution in [0.1, 0.15) is 40.3 Å². The fourth-order valence-corrected chi connectivity index (χ4v) is 9.22. The number of allylic oxidation sites excluding steroid dienone is 1. The molecule has 0 aliphatic carbocycles. The summed E-state index contributed by atoms with van der Waals surface area (Å²) in [7, 11) is 0. The predicted molar refractivity (Wildman–Crippen MR) is 273 cm³/mol. The van der Waals surface area contributed by atoms with Crippen LogP contribution in [0.4, 0.5) is 0 Å². The largest absolute Gasteiger partial charge is 0.456 e. The summed E-state index contributed by atoms with van der Waals surface area (Å²) in [5, 5.41) is 4.39. The van der Waals surface area contributed by atoms with E-state index in [1.807, 2.05) is 18.2 Å². The molecule has 0 N–H and O–H groups in total. The molecule has 64 heavy (non-hydrogen) atoms. The zero-order valence-electron chi connectivity index (χ0n) is 36.7. The second-order valence-corrected chi connectivity index (χ2v) is 16.7. The Kier molecular flexibility index (Phi) is 10.7. The van der Waals surface area contributed by atoms with E-state index in [4.69, 9.17) is 8.83 Å². The molecule has 2 heteroatoms. The normalized spacial score (nSPS) is 11.6.